The number of nitrogens with two attached hydrogens (primary N) is 1. The predicted octanol–water partition coefficient (Wildman–Crippen LogP) is 3.23. The van der Waals surface area contributed by atoms with Gasteiger partial charge in [0.1, 0.15) is 0 Å². The van der Waals surface area contributed by atoms with Crippen LogP contribution in [0.3, 0.4) is 0 Å². The number of aryl methyl sites for hydroxylation is 1. The molecule has 1 unspecified atom stereocenters. The molecule has 0 heterocycles. The van der Waals surface area contributed by atoms with Gasteiger partial charge in [0.15, 0.2) is 5.84 Å². The van der Waals surface area contributed by atoms with Crippen LogP contribution in [0.5, 0.6) is 0 Å². The molecule has 0 saturated carbocycles. The molecular weight excluding hydrogens is 232 g/mol. The fourth-order valence-corrected chi connectivity index (χ4v) is 2.58. The van der Waals surface area contributed by atoms with Gasteiger partial charge in [0, 0.05) is 15.7 Å². The number of rotatable bonds is 4. The van der Waals surface area contributed by atoms with Gasteiger partial charge >= 0.3 is 0 Å². The summed E-state index contributed by atoms with van der Waals surface area (Å²) in [6.45, 7) is 8.62. The smallest absolute Gasteiger partial charge is 0.171 e. The summed E-state index contributed by atoms with van der Waals surface area (Å²) in [5.74, 6) is 0.756. The number of oxime groups is 1. The summed E-state index contributed by atoms with van der Waals surface area (Å²) in [6, 6.07) is 5.85. The zero-order valence-corrected chi connectivity index (χ0v) is 11.6. The van der Waals surface area contributed by atoms with Crippen molar-refractivity contribution < 1.29 is 5.21 Å². The minimum Gasteiger partial charge on any atom is -0.409 e. The normalized spacial score (nSPS) is 14.1. The van der Waals surface area contributed by atoms with Crippen molar-refractivity contribution in [2.45, 2.75) is 37.8 Å². The van der Waals surface area contributed by atoms with Crippen LogP contribution in [0, 0.1) is 12.8 Å². The number of nitrogens with zero attached hydrogens (tertiary/aromatic N) is 1. The summed E-state index contributed by atoms with van der Waals surface area (Å²) < 4.78 is 0. The zero-order valence-electron chi connectivity index (χ0n) is 10.8. The van der Waals surface area contributed by atoms with E-state index >= 15 is 0 Å². The molecule has 4 heteroatoms. The molecule has 94 valence electrons. The highest BCUT2D eigenvalue weighted by Crippen LogP contribution is 2.33. The molecule has 3 nitrogen and oxygen atoms in total. The lowest BCUT2D eigenvalue weighted by atomic mass is 10.1. The highest BCUT2D eigenvalue weighted by molar-refractivity contribution is 8.00. The topological polar surface area (TPSA) is 58.6 Å². The van der Waals surface area contributed by atoms with E-state index in [0.717, 1.165) is 16.0 Å². The van der Waals surface area contributed by atoms with Gasteiger partial charge in [-0.2, -0.15) is 0 Å². The van der Waals surface area contributed by atoms with Crippen LogP contribution in [-0.2, 0) is 0 Å². The Bertz CT molecular complexity index is 416. The third kappa shape index (κ3) is 3.40. The first kappa shape index (κ1) is 13.9. The largest absolute Gasteiger partial charge is 0.409 e. The van der Waals surface area contributed by atoms with E-state index < -0.39 is 0 Å². The Balaban J connectivity index is 3.12. The minimum absolute atomic E-state index is 0.173. The molecule has 0 aliphatic heterocycles. The Morgan fingerprint density at radius 1 is 1.35 bits per heavy atom. The van der Waals surface area contributed by atoms with Crippen molar-refractivity contribution in [1.29, 1.82) is 0 Å². The van der Waals surface area contributed by atoms with Gasteiger partial charge in [-0.15, -0.1) is 11.8 Å². The van der Waals surface area contributed by atoms with Crippen molar-refractivity contribution in [1.82, 2.24) is 0 Å². The van der Waals surface area contributed by atoms with Crippen molar-refractivity contribution in [3.05, 3.63) is 29.3 Å². The van der Waals surface area contributed by atoms with Gasteiger partial charge < -0.3 is 10.9 Å². The monoisotopic (exact) mass is 252 g/mol. The molecule has 0 aliphatic rings. The summed E-state index contributed by atoms with van der Waals surface area (Å²) in [5.41, 5.74) is 7.67. The third-order valence-corrected chi connectivity index (χ3v) is 4.53. The SMILES string of the molecule is Cc1cccc(/C(N)=N/O)c1SC(C)C(C)C. The van der Waals surface area contributed by atoms with Crippen LogP contribution in [0.1, 0.15) is 31.9 Å². The third-order valence-electron chi connectivity index (χ3n) is 2.84. The second-order valence-corrected chi connectivity index (χ2v) is 5.89. The minimum atomic E-state index is 0.173. The molecule has 0 saturated heterocycles. The molecule has 0 amide bonds. The van der Waals surface area contributed by atoms with Crippen molar-refractivity contribution in [3.8, 4) is 0 Å². The van der Waals surface area contributed by atoms with E-state index in [4.69, 9.17) is 10.9 Å². The van der Waals surface area contributed by atoms with Crippen LogP contribution in [0.15, 0.2) is 28.3 Å². The lowest BCUT2D eigenvalue weighted by molar-refractivity contribution is 0.318. The molecular formula is C13H20N2OS. The second-order valence-electron chi connectivity index (χ2n) is 4.50. The Morgan fingerprint density at radius 2 is 2.00 bits per heavy atom. The standard InChI is InChI=1S/C13H20N2OS/c1-8(2)10(4)17-12-9(3)6-5-7-11(12)13(14)15-16/h5-8,10,16H,1-4H3,(H2,14,15). The lowest BCUT2D eigenvalue weighted by Gasteiger charge is -2.18. The molecule has 1 aromatic carbocycles. The maximum Gasteiger partial charge on any atom is 0.171 e. The average Bonchev–Trinajstić information content (AvgIpc) is 2.30. The van der Waals surface area contributed by atoms with E-state index in [0.29, 0.717) is 11.2 Å². The summed E-state index contributed by atoms with van der Waals surface area (Å²) in [4.78, 5) is 1.10. The van der Waals surface area contributed by atoms with Crippen molar-refractivity contribution in [2.24, 2.45) is 16.8 Å². The van der Waals surface area contributed by atoms with Gasteiger partial charge in [0.25, 0.3) is 0 Å². The van der Waals surface area contributed by atoms with Crippen LogP contribution < -0.4 is 5.73 Å². The first-order valence-electron chi connectivity index (χ1n) is 5.71. The Morgan fingerprint density at radius 3 is 2.53 bits per heavy atom. The maximum absolute atomic E-state index is 8.80. The molecule has 1 rings (SSSR count). The van der Waals surface area contributed by atoms with E-state index in [1.54, 1.807) is 11.8 Å². The summed E-state index contributed by atoms with van der Waals surface area (Å²) >= 11 is 1.78. The van der Waals surface area contributed by atoms with Gasteiger partial charge in [0.2, 0.25) is 0 Å². The molecule has 0 radical (unpaired) electrons. The first-order valence-corrected chi connectivity index (χ1v) is 6.59. The van der Waals surface area contributed by atoms with Crippen molar-refractivity contribution >= 4 is 17.6 Å². The summed E-state index contributed by atoms with van der Waals surface area (Å²) in [6.07, 6.45) is 0. The van der Waals surface area contributed by atoms with Gasteiger partial charge in [-0.25, -0.2) is 0 Å². The highest BCUT2D eigenvalue weighted by atomic mass is 32.2. The van der Waals surface area contributed by atoms with Gasteiger partial charge in [-0.1, -0.05) is 44.1 Å². The maximum atomic E-state index is 8.80. The van der Waals surface area contributed by atoms with E-state index in [-0.39, 0.29) is 5.84 Å². The van der Waals surface area contributed by atoms with E-state index in [1.165, 1.54) is 0 Å². The van der Waals surface area contributed by atoms with E-state index in [2.05, 4.69) is 25.9 Å². The first-order chi connectivity index (χ1) is 7.97. The summed E-state index contributed by atoms with van der Waals surface area (Å²) in [7, 11) is 0. The molecule has 0 aliphatic carbocycles. The van der Waals surface area contributed by atoms with Crippen LogP contribution in [0.2, 0.25) is 0 Å². The van der Waals surface area contributed by atoms with Gasteiger partial charge in [-0.05, 0) is 18.4 Å². The fraction of sp³-hybridized carbons (Fsp3) is 0.462. The van der Waals surface area contributed by atoms with Gasteiger partial charge in [0.05, 0.1) is 0 Å². The molecule has 1 aromatic rings. The van der Waals surface area contributed by atoms with E-state index in [1.807, 2.05) is 25.1 Å². The van der Waals surface area contributed by atoms with Crippen molar-refractivity contribution in [3.63, 3.8) is 0 Å². The Labute approximate surface area is 107 Å². The van der Waals surface area contributed by atoms with Gasteiger partial charge in [-0.3, -0.25) is 0 Å². The number of thioether (sulfide) groups is 1. The van der Waals surface area contributed by atoms with Crippen LogP contribution in [0.4, 0.5) is 0 Å². The second kappa shape index (κ2) is 5.96. The molecule has 0 aromatic heterocycles. The fourth-order valence-electron chi connectivity index (χ4n) is 1.39. The van der Waals surface area contributed by atoms with Crippen LogP contribution >= 0.6 is 11.8 Å². The lowest BCUT2D eigenvalue weighted by Crippen LogP contribution is -2.16. The zero-order chi connectivity index (χ0) is 13.0. The Hall–Kier alpha value is -1.16. The molecule has 0 fully saturated rings. The van der Waals surface area contributed by atoms with Crippen LogP contribution in [-0.4, -0.2) is 16.3 Å². The van der Waals surface area contributed by atoms with Crippen LogP contribution in [0.25, 0.3) is 0 Å². The van der Waals surface area contributed by atoms with Crippen molar-refractivity contribution in [2.75, 3.05) is 0 Å². The molecule has 3 N–H and O–H groups in total. The summed E-state index contributed by atoms with van der Waals surface area (Å²) in [5, 5.41) is 12.4. The number of amidine groups is 1. The molecule has 0 spiro atoms. The number of benzene rings is 1. The number of hydrogen-bond acceptors (Lipinski definition) is 3. The molecule has 1 atom stereocenters. The molecule has 17 heavy (non-hydrogen) atoms. The molecule has 0 bridgehead atoms. The Kier molecular flexibility index (Phi) is 4.87. The highest BCUT2D eigenvalue weighted by Gasteiger charge is 2.15. The average molecular weight is 252 g/mol. The quantitative estimate of drug-likeness (QED) is 0.284. The predicted molar refractivity (Wildman–Crippen MR) is 73.8 cm³/mol. The number of hydrogen-bond donors (Lipinski definition) is 2. The van der Waals surface area contributed by atoms with E-state index in [9.17, 15) is 0 Å².